The summed E-state index contributed by atoms with van der Waals surface area (Å²) < 4.78 is 0. The second-order valence-corrected chi connectivity index (χ2v) is 6.43. The third-order valence-electron chi connectivity index (χ3n) is 4.42. The number of benzene rings is 1. The second-order valence-electron chi connectivity index (χ2n) is 6.43. The number of nitrogens with one attached hydrogen (secondary N) is 1. The Balaban J connectivity index is 1.95. The lowest BCUT2D eigenvalue weighted by atomic mass is 9.76. The largest absolute Gasteiger partial charge is 0.394 e. The van der Waals surface area contributed by atoms with Gasteiger partial charge in [0.15, 0.2) is 0 Å². The van der Waals surface area contributed by atoms with Gasteiger partial charge in [-0.3, -0.25) is 4.79 Å². The van der Waals surface area contributed by atoms with Gasteiger partial charge in [-0.25, -0.2) is 0 Å². The Kier molecular flexibility index (Phi) is 5.37. The number of rotatable bonds is 5. The van der Waals surface area contributed by atoms with Gasteiger partial charge >= 0.3 is 0 Å². The monoisotopic (exact) mass is 290 g/mol. The molecule has 0 aromatic heterocycles. The van der Waals surface area contributed by atoms with Crippen LogP contribution < -0.4 is 11.1 Å². The highest BCUT2D eigenvalue weighted by Gasteiger charge is 2.36. The predicted molar refractivity (Wildman–Crippen MR) is 83.7 cm³/mol. The highest BCUT2D eigenvalue weighted by molar-refractivity contribution is 5.82. The fourth-order valence-corrected chi connectivity index (χ4v) is 3.27. The zero-order chi connectivity index (χ0) is 15.3. The summed E-state index contributed by atoms with van der Waals surface area (Å²) in [5, 5.41) is 12.7. The predicted octanol–water partition coefficient (Wildman–Crippen LogP) is 1.61. The van der Waals surface area contributed by atoms with Gasteiger partial charge in [0.05, 0.1) is 18.2 Å². The second kappa shape index (κ2) is 7.05. The zero-order valence-electron chi connectivity index (χ0n) is 12.7. The van der Waals surface area contributed by atoms with Gasteiger partial charge < -0.3 is 16.2 Å². The Labute approximate surface area is 126 Å². The number of carbonyl (C=O) groups excluding carboxylic acids is 1. The van der Waals surface area contributed by atoms with Gasteiger partial charge in [-0.15, -0.1) is 0 Å². The van der Waals surface area contributed by atoms with Crippen molar-refractivity contribution < 1.29 is 9.90 Å². The van der Waals surface area contributed by atoms with Crippen molar-refractivity contribution in [2.24, 2.45) is 11.7 Å². The highest BCUT2D eigenvalue weighted by atomic mass is 16.3. The lowest BCUT2D eigenvalue weighted by molar-refractivity contribution is -0.125. The number of nitrogens with two attached hydrogens (primary N) is 1. The van der Waals surface area contributed by atoms with Crippen molar-refractivity contribution in [2.75, 3.05) is 6.61 Å². The molecule has 4 nitrogen and oxygen atoms in total. The molecule has 0 heterocycles. The maximum atomic E-state index is 12.3. The molecule has 2 unspecified atom stereocenters. The fourth-order valence-electron chi connectivity index (χ4n) is 3.27. The number of hydrogen-bond donors (Lipinski definition) is 3. The number of amides is 1. The number of hydrogen-bond acceptors (Lipinski definition) is 3. The molecule has 0 bridgehead atoms. The van der Waals surface area contributed by atoms with Crippen LogP contribution in [0.1, 0.15) is 38.2 Å². The van der Waals surface area contributed by atoms with Gasteiger partial charge in [0.25, 0.3) is 0 Å². The average Bonchev–Trinajstić information content (AvgIpc) is 2.48. The summed E-state index contributed by atoms with van der Waals surface area (Å²) in [6.45, 7) is 2.15. The summed E-state index contributed by atoms with van der Waals surface area (Å²) in [6.07, 6.45) is 4.37. The minimum Gasteiger partial charge on any atom is -0.394 e. The molecule has 1 fully saturated rings. The van der Waals surface area contributed by atoms with Gasteiger partial charge in [0, 0.05) is 0 Å². The first-order valence-corrected chi connectivity index (χ1v) is 7.77. The van der Waals surface area contributed by atoms with Crippen LogP contribution >= 0.6 is 0 Å². The summed E-state index contributed by atoms with van der Waals surface area (Å²) in [5.74, 6) is 0.360. The van der Waals surface area contributed by atoms with Crippen molar-refractivity contribution in [1.82, 2.24) is 5.32 Å². The number of aliphatic hydroxyl groups excluding tert-OH is 1. The van der Waals surface area contributed by atoms with Crippen LogP contribution in [0.3, 0.4) is 0 Å². The van der Waals surface area contributed by atoms with Crippen LogP contribution in [-0.4, -0.2) is 29.2 Å². The Bertz CT molecular complexity index is 463. The van der Waals surface area contributed by atoms with Crippen LogP contribution in [0.25, 0.3) is 0 Å². The topological polar surface area (TPSA) is 75.3 Å². The van der Waals surface area contributed by atoms with Crippen LogP contribution in [0.5, 0.6) is 0 Å². The van der Waals surface area contributed by atoms with Gasteiger partial charge in [0.2, 0.25) is 5.91 Å². The van der Waals surface area contributed by atoms with Crippen LogP contribution in [0.2, 0.25) is 0 Å². The van der Waals surface area contributed by atoms with E-state index in [1.807, 2.05) is 30.3 Å². The van der Waals surface area contributed by atoms with E-state index in [2.05, 4.69) is 12.2 Å². The first kappa shape index (κ1) is 16.0. The summed E-state index contributed by atoms with van der Waals surface area (Å²) in [6, 6.07) is 9.19. The molecule has 1 aromatic rings. The standard InChI is InChI=1S/C17H26N2O2/c1-13-6-5-9-17(11-13,12-20)19-16(21)15(18)10-14-7-3-2-4-8-14/h2-4,7-8,13,15,20H,5-6,9-12,18H2,1H3,(H,19,21)/t13?,15-,17?/m0/s1. The third kappa shape index (κ3) is 4.29. The molecule has 1 amide bonds. The van der Waals surface area contributed by atoms with Crippen molar-refractivity contribution in [3.8, 4) is 0 Å². The SMILES string of the molecule is CC1CCCC(CO)(NC(=O)[C@@H](N)Cc2ccccc2)C1. The quantitative estimate of drug-likeness (QED) is 0.771. The summed E-state index contributed by atoms with van der Waals surface area (Å²) in [7, 11) is 0. The van der Waals surface area contributed by atoms with Gasteiger partial charge in [-0.05, 0) is 30.7 Å². The molecule has 1 aromatic carbocycles. The molecule has 4 heteroatoms. The van der Waals surface area contributed by atoms with Gasteiger partial charge in [0.1, 0.15) is 0 Å². The van der Waals surface area contributed by atoms with Crippen LogP contribution in [-0.2, 0) is 11.2 Å². The van der Waals surface area contributed by atoms with Crippen LogP contribution in [0.15, 0.2) is 30.3 Å². The van der Waals surface area contributed by atoms with Crippen molar-refractivity contribution >= 4 is 5.91 Å². The van der Waals surface area contributed by atoms with Crippen molar-refractivity contribution in [1.29, 1.82) is 0 Å². The molecule has 1 saturated carbocycles. The van der Waals surface area contributed by atoms with E-state index in [0.717, 1.165) is 31.2 Å². The lowest BCUT2D eigenvalue weighted by Crippen LogP contribution is -2.58. The van der Waals surface area contributed by atoms with E-state index in [0.29, 0.717) is 12.3 Å². The minimum absolute atomic E-state index is 0.0128. The first-order valence-electron chi connectivity index (χ1n) is 7.77. The molecule has 4 N–H and O–H groups in total. The molecule has 2 rings (SSSR count). The van der Waals surface area contributed by atoms with E-state index in [1.54, 1.807) is 0 Å². The zero-order valence-corrected chi connectivity index (χ0v) is 12.7. The van der Waals surface area contributed by atoms with E-state index in [1.165, 1.54) is 0 Å². The molecule has 116 valence electrons. The van der Waals surface area contributed by atoms with E-state index >= 15 is 0 Å². The molecule has 0 saturated heterocycles. The average molecular weight is 290 g/mol. The van der Waals surface area contributed by atoms with E-state index in [-0.39, 0.29) is 12.5 Å². The highest BCUT2D eigenvalue weighted by Crippen LogP contribution is 2.32. The molecule has 1 aliphatic carbocycles. The maximum Gasteiger partial charge on any atom is 0.237 e. The van der Waals surface area contributed by atoms with Crippen molar-refractivity contribution in [2.45, 2.75) is 50.6 Å². The summed E-state index contributed by atoms with van der Waals surface area (Å²) in [4.78, 5) is 12.3. The fraction of sp³-hybridized carbons (Fsp3) is 0.588. The smallest absolute Gasteiger partial charge is 0.237 e. The normalized spacial score (nSPS) is 27.1. The molecular formula is C17H26N2O2. The Morgan fingerprint density at radius 1 is 1.48 bits per heavy atom. The molecule has 21 heavy (non-hydrogen) atoms. The van der Waals surface area contributed by atoms with E-state index < -0.39 is 11.6 Å². The third-order valence-corrected chi connectivity index (χ3v) is 4.42. The van der Waals surface area contributed by atoms with E-state index in [4.69, 9.17) is 5.73 Å². The molecule has 0 spiro atoms. The molecule has 0 aliphatic heterocycles. The van der Waals surface area contributed by atoms with Crippen molar-refractivity contribution in [3.05, 3.63) is 35.9 Å². The molecule has 0 radical (unpaired) electrons. The summed E-state index contributed by atoms with van der Waals surface area (Å²) >= 11 is 0. The van der Waals surface area contributed by atoms with Crippen LogP contribution in [0.4, 0.5) is 0 Å². The first-order chi connectivity index (χ1) is 10.0. The van der Waals surface area contributed by atoms with E-state index in [9.17, 15) is 9.90 Å². The van der Waals surface area contributed by atoms with Crippen molar-refractivity contribution in [3.63, 3.8) is 0 Å². The Morgan fingerprint density at radius 3 is 2.81 bits per heavy atom. The number of carbonyl (C=O) groups is 1. The maximum absolute atomic E-state index is 12.3. The molecule has 3 atom stereocenters. The minimum atomic E-state index is -0.576. The Morgan fingerprint density at radius 2 is 2.19 bits per heavy atom. The molecule has 1 aliphatic rings. The number of aliphatic hydroxyl groups is 1. The summed E-state index contributed by atoms with van der Waals surface area (Å²) in [5.41, 5.74) is 6.59. The lowest BCUT2D eigenvalue weighted by Gasteiger charge is -2.40. The Hall–Kier alpha value is -1.39. The van der Waals surface area contributed by atoms with Gasteiger partial charge in [-0.1, -0.05) is 50.1 Å². The van der Waals surface area contributed by atoms with Gasteiger partial charge in [-0.2, -0.15) is 0 Å². The van der Waals surface area contributed by atoms with Crippen LogP contribution in [0, 0.1) is 5.92 Å². The molecular weight excluding hydrogens is 264 g/mol.